The van der Waals surface area contributed by atoms with Crippen molar-refractivity contribution in [1.82, 2.24) is 0 Å². The molecule has 1 aromatic rings. The summed E-state index contributed by atoms with van der Waals surface area (Å²) in [7, 11) is 0. The molecule has 3 nitrogen and oxygen atoms in total. The number of aliphatic hydroxyl groups excluding tert-OH is 1. The molecular formula is C15H24N2O. The highest BCUT2D eigenvalue weighted by atomic mass is 16.3. The van der Waals surface area contributed by atoms with Gasteiger partial charge in [-0.3, -0.25) is 0 Å². The van der Waals surface area contributed by atoms with Crippen LogP contribution in [-0.4, -0.2) is 18.2 Å². The maximum absolute atomic E-state index is 9.92. The van der Waals surface area contributed by atoms with Crippen molar-refractivity contribution in [1.29, 1.82) is 0 Å². The van der Waals surface area contributed by atoms with Gasteiger partial charge in [0.15, 0.2) is 0 Å². The van der Waals surface area contributed by atoms with E-state index in [2.05, 4.69) is 11.4 Å². The molecule has 0 bridgehead atoms. The van der Waals surface area contributed by atoms with Crippen molar-refractivity contribution in [2.45, 2.75) is 38.2 Å². The number of hydrogen-bond acceptors (Lipinski definition) is 3. The summed E-state index contributed by atoms with van der Waals surface area (Å²) in [5.41, 5.74) is 7.53. The van der Waals surface area contributed by atoms with Gasteiger partial charge in [0.1, 0.15) is 0 Å². The zero-order valence-corrected chi connectivity index (χ0v) is 10.9. The largest absolute Gasteiger partial charge is 0.388 e. The molecule has 0 spiro atoms. The van der Waals surface area contributed by atoms with Gasteiger partial charge in [-0.1, -0.05) is 25.0 Å². The Balaban J connectivity index is 1.89. The van der Waals surface area contributed by atoms with Gasteiger partial charge < -0.3 is 16.2 Å². The summed E-state index contributed by atoms with van der Waals surface area (Å²) in [6, 6.07) is 8.05. The van der Waals surface area contributed by atoms with Crippen molar-refractivity contribution in [2.24, 2.45) is 11.7 Å². The first-order chi connectivity index (χ1) is 8.79. The van der Waals surface area contributed by atoms with Gasteiger partial charge in [-0.25, -0.2) is 0 Å². The molecule has 0 heterocycles. The zero-order chi connectivity index (χ0) is 12.8. The highest BCUT2D eigenvalue weighted by Crippen LogP contribution is 2.25. The number of hydrogen-bond donors (Lipinski definition) is 3. The molecule has 1 atom stereocenters. The minimum absolute atomic E-state index is 0.441. The quantitative estimate of drug-likeness (QED) is 0.725. The molecule has 0 aromatic heterocycles. The van der Waals surface area contributed by atoms with Crippen molar-refractivity contribution in [2.75, 3.05) is 18.4 Å². The SMILES string of the molecule is NCCC(O)c1cccc(NCC2CCCC2)c1. The molecule has 0 radical (unpaired) electrons. The summed E-state index contributed by atoms with van der Waals surface area (Å²) in [5.74, 6) is 0.822. The second kappa shape index (κ2) is 6.76. The van der Waals surface area contributed by atoms with Crippen molar-refractivity contribution in [3.8, 4) is 0 Å². The van der Waals surface area contributed by atoms with E-state index in [-0.39, 0.29) is 0 Å². The van der Waals surface area contributed by atoms with Gasteiger partial charge in [-0.05, 0) is 49.4 Å². The van der Waals surface area contributed by atoms with E-state index in [9.17, 15) is 5.11 Å². The van der Waals surface area contributed by atoms with Crippen LogP contribution in [-0.2, 0) is 0 Å². The smallest absolute Gasteiger partial charge is 0.0802 e. The minimum Gasteiger partial charge on any atom is -0.388 e. The monoisotopic (exact) mass is 248 g/mol. The Kier molecular flexibility index (Phi) is 5.02. The first-order valence-corrected chi connectivity index (χ1v) is 7.01. The fourth-order valence-corrected chi connectivity index (χ4v) is 2.66. The summed E-state index contributed by atoms with van der Waals surface area (Å²) in [6.07, 6.45) is 5.63. The Labute approximate surface area is 109 Å². The second-order valence-electron chi connectivity index (χ2n) is 5.25. The lowest BCUT2D eigenvalue weighted by atomic mass is 10.1. The van der Waals surface area contributed by atoms with Crippen LogP contribution in [0, 0.1) is 5.92 Å². The predicted molar refractivity (Wildman–Crippen MR) is 75.5 cm³/mol. The number of benzene rings is 1. The third-order valence-corrected chi connectivity index (χ3v) is 3.78. The van der Waals surface area contributed by atoms with E-state index < -0.39 is 6.10 Å². The van der Waals surface area contributed by atoms with Gasteiger partial charge in [0, 0.05) is 12.2 Å². The van der Waals surface area contributed by atoms with Gasteiger partial charge >= 0.3 is 0 Å². The Morgan fingerprint density at radius 3 is 2.83 bits per heavy atom. The van der Waals surface area contributed by atoms with E-state index in [0.29, 0.717) is 13.0 Å². The van der Waals surface area contributed by atoms with E-state index in [1.807, 2.05) is 18.2 Å². The molecule has 0 amide bonds. The normalized spacial score (nSPS) is 17.9. The zero-order valence-electron chi connectivity index (χ0n) is 10.9. The number of rotatable bonds is 6. The molecule has 3 heteroatoms. The van der Waals surface area contributed by atoms with Crippen LogP contribution in [0.3, 0.4) is 0 Å². The van der Waals surface area contributed by atoms with E-state index in [1.165, 1.54) is 25.7 Å². The number of aliphatic hydroxyl groups is 1. The maximum Gasteiger partial charge on any atom is 0.0802 e. The second-order valence-corrected chi connectivity index (χ2v) is 5.25. The Morgan fingerprint density at radius 1 is 1.33 bits per heavy atom. The summed E-state index contributed by atoms with van der Waals surface area (Å²) >= 11 is 0. The first kappa shape index (κ1) is 13.4. The summed E-state index contributed by atoms with van der Waals surface area (Å²) in [4.78, 5) is 0. The Bertz CT molecular complexity index is 361. The van der Waals surface area contributed by atoms with Gasteiger partial charge in [-0.2, -0.15) is 0 Å². The van der Waals surface area contributed by atoms with Gasteiger partial charge in [0.25, 0.3) is 0 Å². The van der Waals surface area contributed by atoms with Gasteiger partial charge in [0.2, 0.25) is 0 Å². The van der Waals surface area contributed by atoms with Crippen molar-refractivity contribution >= 4 is 5.69 Å². The molecule has 0 aliphatic heterocycles. The molecule has 18 heavy (non-hydrogen) atoms. The number of nitrogens with two attached hydrogens (primary N) is 1. The van der Waals surface area contributed by atoms with Gasteiger partial charge in [0.05, 0.1) is 6.10 Å². The highest BCUT2D eigenvalue weighted by Gasteiger charge is 2.14. The molecule has 1 fully saturated rings. The van der Waals surface area contributed by atoms with Crippen molar-refractivity contribution in [3.63, 3.8) is 0 Å². The summed E-state index contributed by atoms with van der Waals surface area (Å²) < 4.78 is 0. The molecule has 2 rings (SSSR count). The van der Waals surface area contributed by atoms with Gasteiger partial charge in [-0.15, -0.1) is 0 Å². The Hall–Kier alpha value is -1.06. The van der Waals surface area contributed by atoms with Crippen LogP contribution in [0.15, 0.2) is 24.3 Å². The molecule has 1 unspecified atom stereocenters. The third kappa shape index (κ3) is 3.72. The van der Waals surface area contributed by atoms with Crippen molar-refractivity contribution < 1.29 is 5.11 Å². The molecular weight excluding hydrogens is 224 g/mol. The van der Waals surface area contributed by atoms with Crippen LogP contribution in [0.1, 0.15) is 43.8 Å². The molecule has 0 saturated heterocycles. The fourth-order valence-electron chi connectivity index (χ4n) is 2.66. The fraction of sp³-hybridized carbons (Fsp3) is 0.600. The van der Waals surface area contributed by atoms with Crippen LogP contribution in [0.25, 0.3) is 0 Å². The summed E-state index contributed by atoms with van der Waals surface area (Å²) in [5, 5.41) is 13.4. The predicted octanol–water partition coefficient (Wildman–Crippen LogP) is 2.67. The van der Waals surface area contributed by atoms with E-state index in [1.54, 1.807) is 0 Å². The van der Waals surface area contributed by atoms with Crippen LogP contribution >= 0.6 is 0 Å². The van der Waals surface area contributed by atoms with Crippen LogP contribution in [0.5, 0.6) is 0 Å². The third-order valence-electron chi connectivity index (χ3n) is 3.78. The molecule has 4 N–H and O–H groups in total. The van der Waals surface area contributed by atoms with Crippen LogP contribution in [0.2, 0.25) is 0 Å². The highest BCUT2D eigenvalue weighted by molar-refractivity contribution is 5.46. The molecule has 1 aliphatic rings. The lowest BCUT2D eigenvalue weighted by molar-refractivity contribution is 0.170. The first-order valence-electron chi connectivity index (χ1n) is 7.01. The van der Waals surface area contributed by atoms with Crippen LogP contribution < -0.4 is 11.1 Å². The van der Waals surface area contributed by atoms with Crippen molar-refractivity contribution in [3.05, 3.63) is 29.8 Å². The lowest BCUT2D eigenvalue weighted by Gasteiger charge is -2.14. The lowest BCUT2D eigenvalue weighted by Crippen LogP contribution is -2.11. The molecule has 1 saturated carbocycles. The molecule has 100 valence electrons. The topological polar surface area (TPSA) is 58.3 Å². The number of anilines is 1. The average molecular weight is 248 g/mol. The minimum atomic E-state index is -0.441. The van der Waals surface area contributed by atoms with E-state index in [0.717, 1.165) is 23.7 Å². The molecule has 1 aromatic carbocycles. The molecule has 1 aliphatic carbocycles. The summed E-state index contributed by atoms with van der Waals surface area (Å²) in [6.45, 7) is 1.57. The van der Waals surface area contributed by atoms with Crippen LogP contribution in [0.4, 0.5) is 5.69 Å². The van der Waals surface area contributed by atoms with E-state index in [4.69, 9.17) is 5.73 Å². The van der Waals surface area contributed by atoms with E-state index >= 15 is 0 Å². The standard InChI is InChI=1S/C15H24N2O/c16-9-8-15(18)13-6-3-7-14(10-13)17-11-12-4-1-2-5-12/h3,6-7,10,12,15,17-18H,1-2,4-5,8-9,11,16H2. The maximum atomic E-state index is 9.92. The Morgan fingerprint density at radius 2 is 2.11 bits per heavy atom. The number of nitrogens with one attached hydrogen (secondary N) is 1. The average Bonchev–Trinajstić information content (AvgIpc) is 2.90.